The molecule has 0 aliphatic heterocycles. The number of halogens is 1. The molecule has 0 saturated heterocycles. The molecule has 1 N–H and O–H groups in total. The van der Waals surface area contributed by atoms with Gasteiger partial charge in [-0.25, -0.2) is 0 Å². The number of aromatic nitrogens is 3. The molecule has 0 saturated carbocycles. The van der Waals surface area contributed by atoms with E-state index in [2.05, 4.69) is 31.2 Å². The quantitative estimate of drug-likeness (QED) is 0.373. The molecule has 3 rings (SSSR count). The third-order valence-corrected chi connectivity index (χ3v) is 4.72. The number of benzene rings is 2. The molecule has 28 heavy (non-hydrogen) atoms. The summed E-state index contributed by atoms with van der Waals surface area (Å²) in [4.78, 5) is 0. The molecule has 0 radical (unpaired) electrons. The summed E-state index contributed by atoms with van der Waals surface area (Å²) in [6, 6.07) is 13.7. The Kier molecular flexibility index (Phi) is 7.00. The van der Waals surface area contributed by atoms with E-state index in [1.54, 1.807) is 10.9 Å². The largest absolute Gasteiger partial charge is 0.490 e. The van der Waals surface area contributed by atoms with Crippen LogP contribution in [0.4, 0.5) is 0 Å². The Bertz CT molecular complexity index is 1010. The molecule has 6 nitrogen and oxygen atoms in total. The molecule has 0 spiro atoms. The molecule has 8 heteroatoms. The topological polar surface area (TPSA) is 64.4 Å². The van der Waals surface area contributed by atoms with Crippen molar-refractivity contribution in [2.24, 2.45) is 5.10 Å². The lowest BCUT2D eigenvalue weighted by Crippen LogP contribution is -2.01. The zero-order valence-corrected chi connectivity index (χ0v) is 18.1. The Morgan fingerprint density at radius 2 is 1.93 bits per heavy atom. The lowest BCUT2D eigenvalue weighted by atomic mass is 10.2. The highest BCUT2D eigenvalue weighted by molar-refractivity contribution is 9.10. The second kappa shape index (κ2) is 9.66. The van der Waals surface area contributed by atoms with E-state index in [-0.39, 0.29) is 0 Å². The van der Waals surface area contributed by atoms with Gasteiger partial charge in [0.25, 0.3) is 0 Å². The molecule has 2 aromatic carbocycles. The smallest absolute Gasteiger partial charge is 0.216 e. The van der Waals surface area contributed by atoms with Crippen molar-refractivity contribution in [3.8, 4) is 11.5 Å². The number of nitrogens with zero attached hydrogens (tertiary/aromatic N) is 3. The van der Waals surface area contributed by atoms with Crippen molar-refractivity contribution in [1.82, 2.24) is 14.9 Å². The second-order valence-corrected chi connectivity index (χ2v) is 7.21. The van der Waals surface area contributed by atoms with Crippen molar-refractivity contribution in [2.45, 2.75) is 26.9 Å². The molecule has 1 heterocycles. The van der Waals surface area contributed by atoms with E-state index in [0.717, 1.165) is 27.8 Å². The van der Waals surface area contributed by atoms with Gasteiger partial charge in [-0.1, -0.05) is 35.0 Å². The van der Waals surface area contributed by atoms with Crippen LogP contribution < -0.4 is 9.47 Å². The number of hydrogen-bond acceptors (Lipinski definition) is 5. The molecule has 0 amide bonds. The van der Waals surface area contributed by atoms with Crippen molar-refractivity contribution in [3.05, 3.63) is 68.7 Å². The summed E-state index contributed by atoms with van der Waals surface area (Å²) < 4.78 is 14.8. The average molecular weight is 461 g/mol. The molecule has 3 aromatic rings. The van der Waals surface area contributed by atoms with Gasteiger partial charge in [-0.05, 0) is 60.6 Å². The van der Waals surface area contributed by atoms with E-state index in [1.807, 2.05) is 56.3 Å². The number of rotatable bonds is 8. The van der Waals surface area contributed by atoms with Gasteiger partial charge in [0.2, 0.25) is 4.77 Å². The summed E-state index contributed by atoms with van der Waals surface area (Å²) in [5.41, 5.74) is 1.96. The molecule has 0 aliphatic carbocycles. The minimum absolute atomic E-state index is 0.463. The Hall–Kier alpha value is -2.45. The Morgan fingerprint density at radius 1 is 1.14 bits per heavy atom. The van der Waals surface area contributed by atoms with Gasteiger partial charge in [0, 0.05) is 10.9 Å². The van der Waals surface area contributed by atoms with Crippen molar-refractivity contribution < 1.29 is 9.47 Å². The van der Waals surface area contributed by atoms with Crippen LogP contribution in [0.1, 0.15) is 30.8 Å². The minimum Gasteiger partial charge on any atom is -0.490 e. The summed E-state index contributed by atoms with van der Waals surface area (Å²) in [6.45, 7) is 4.95. The SMILES string of the molecule is CCOc1cc(/C=N\n2c(CC)n[nH]c2=S)ccc1OCc1ccc(Br)cc1. The maximum absolute atomic E-state index is 5.95. The fourth-order valence-electron chi connectivity index (χ4n) is 2.53. The summed E-state index contributed by atoms with van der Waals surface area (Å²) in [6.07, 6.45) is 2.46. The highest BCUT2D eigenvalue weighted by atomic mass is 79.9. The zero-order valence-electron chi connectivity index (χ0n) is 15.7. The standard InChI is InChI=1S/C20H21BrN4O2S/c1-3-19-23-24-20(28)25(19)22-12-15-7-10-17(18(11-15)26-4-2)27-13-14-5-8-16(21)9-6-14/h5-12H,3-4,13H2,1-2H3,(H,24,28)/b22-12-. The molecule has 0 aliphatic rings. The van der Waals surface area contributed by atoms with Crippen LogP contribution in [0.3, 0.4) is 0 Å². The molecule has 0 fully saturated rings. The first kappa shape index (κ1) is 20.3. The summed E-state index contributed by atoms with van der Waals surface area (Å²) in [5, 5.41) is 11.3. The third-order valence-electron chi connectivity index (χ3n) is 3.93. The van der Waals surface area contributed by atoms with Gasteiger partial charge in [0.1, 0.15) is 6.61 Å². The van der Waals surface area contributed by atoms with Crippen molar-refractivity contribution in [2.75, 3.05) is 6.61 Å². The normalized spacial score (nSPS) is 11.1. The summed E-state index contributed by atoms with van der Waals surface area (Å²) >= 11 is 8.65. The van der Waals surface area contributed by atoms with E-state index in [0.29, 0.717) is 29.5 Å². The first-order valence-corrected chi connectivity index (χ1v) is 10.2. The van der Waals surface area contributed by atoms with Crippen molar-refractivity contribution >= 4 is 34.4 Å². The monoisotopic (exact) mass is 460 g/mol. The lowest BCUT2D eigenvalue weighted by Gasteiger charge is -2.12. The van der Waals surface area contributed by atoms with Crippen LogP contribution in [0.25, 0.3) is 0 Å². The Morgan fingerprint density at radius 3 is 2.64 bits per heavy atom. The maximum atomic E-state index is 5.95. The summed E-state index contributed by atoms with van der Waals surface area (Å²) in [5.74, 6) is 2.15. The van der Waals surface area contributed by atoms with Gasteiger partial charge in [-0.3, -0.25) is 5.10 Å². The summed E-state index contributed by atoms with van der Waals surface area (Å²) in [7, 11) is 0. The highest BCUT2D eigenvalue weighted by Crippen LogP contribution is 2.29. The van der Waals surface area contributed by atoms with Gasteiger partial charge >= 0.3 is 0 Å². The molecule has 0 bridgehead atoms. The predicted molar refractivity (Wildman–Crippen MR) is 116 cm³/mol. The highest BCUT2D eigenvalue weighted by Gasteiger charge is 2.07. The minimum atomic E-state index is 0.463. The zero-order chi connectivity index (χ0) is 19.9. The van der Waals surface area contributed by atoms with E-state index in [1.165, 1.54) is 0 Å². The molecule has 1 aromatic heterocycles. The maximum Gasteiger partial charge on any atom is 0.216 e. The van der Waals surface area contributed by atoms with E-state index < -0.39 is 0 Å². The molecule has 146 valence electrons. The fourth-order valence-corrected chi connectivity index (χ4v) is 2.99. The van der Waals surface area contributed by atoms with Crippen molar-refractivity contribution in [1.29, 1.82) is 0 Å². The second-order valence-electron chi connectivity index (χ2n) is 5.91. The van der Waals surface area contributed by atoms with Crippen molar-refractivity contribution in [3.63, 3.8) is 0 Å². The van der Waals surface area contributed by atoms with Crippen LogP contribution in [-0.4, -0.2) is 27.7 Å². The van der Waals surface area contributed by atoms with E-state index in [9.17, 15) is 0 Å². The van der Waals surface area contributed by atoms with Gasteiger partial charge in [0.05, 0.1) is 12.8 Å². The van der Waals surface area contributed by atoms with E-state index in [4.69, 9.17) is 21.7 Å². The van der Waals surface area contributed by atoms with Crippen LogP contribution in [0, 0.1) is 4.77 Å². The number of aryl methyl sites for hydroxylation is 1. The van der Waals surface area contributed by atoms with Crippen LogP contribution in [-0.2, 0) is 13.0 Å². The van der Waals surface area contributed by atoms with Gasteiger partial charge < -0.3 is 9.47 Å². The number of hydrogen-bond donors (Lipinski definition) is 1. The number of nitrogens with one attached hydrogen (secondary N) is 1. The molecular formula is C20H21BrN4O2S. The molecule has 0 atom stereocenters. The predicted octanol–water partition coefficient (Wildman–Crippen LogP) is 5.13. The van der Waals surface area contributed by atoms with Gasteiger partial charge in [-0.15, -0.1) is 0 Å². The van der Waals surface area contributed by atoms with Gasteiger partial charge in [-0.2, -0.15) is 14.9 Å². The lowest BCUT2D eigenvalue weighted by molar-refractivity contribution is 0.269. The third kappa shape index (κ3) is 5.08. The fraction of sp³-hybridized carbons (Fsp3) is 0.250. The van der Waals surface area contributed by atoms with E-state index >= 15 is 0 Å². The number of ether oxygens (including phenoxy) is 2. The van der Waals surface area contributed by atoms with Crippen LogP contribution in [0.15, 0.2) is 52.0 Å². The van der Waals surface area contributed by atoms with Crippen LogP contribution in [0.2, 0.25) is 0 Å². The Labute approximate surface area is 177 Å². The van der Waals surface area contributed by atoms with Gasteiger partial charge in [0.15, 0.2) is 17.3 Å². The first-order valence-electron chi connectivity index (χ1n) is 8.95. The Balaban J connectivity index is 1.78. The average Bonchev–Trinajstić information content (AvgIpc) is 3.06. The first-order chi connectivity index (χ1) is 13.6. The molecular weight excluding hydrogens is 440 g/mol. The number of aromatic amines is 1. The van der Waals surface area contributed by atoms with Crippen LogP contribution in [0.5, 0.6) is 11.5 Å². The van der Waals surface area contributed by atoms with Crippen LogP contribution >= 0.6 is 28.1 Å². The molecule has 0 unspecified atom stereocenters. The number of H-pyrrole nitrogens is 1.